The number of piperidine rings is 1. The lowest BCUT2D eigenvalue weighted by Gasteiger charge is -2.31. The van der Waals surface area contributed by atoms with Crippen molar-refractivity contribution in [1.29, 1.82) is 0 Å². The summed E-state index contributed by atoms with van der Waals surface area (Å²) in [6, 6.07) is 6.51. The number of aliphatic imine (C=N–C) groups is 1. The third-order valence-corrected chi connectivity index (χ3v) is 5.41. The Morgan fingerprint density at radius 2 is 2.16 bits per heavy atom. The topological polar surface area (TPSA) is 66.8 Å². The number of hydrogen-bond donors (Lipinski definition) is 0. The summed E-state index contributed by atoms with van der Waals surface area (Å²) < 4.78 is 27.1. The number of sulfonamides is 1. The molecule has 0 spiro atoms. The van der Waals surface area contributed by atoms with Gasteiger partial charge in [-0.3, -0.25) is 0 Å². The van der Waals surface area contributed by atoms with Crippen LogP contribution in [-0.2, 0) is 14.8 Å². The Hall–Kier alpha value is -1.01. The second kappa shape index (κ2) is 5.96. The lowest BCUT2D eigenvalue weighted by Crippen LogP contribution is -2.42. The van der Waals surface area contributed by atoms with Gasteiger partial charge in [0, 0.05) is 11.0 Å². The monoisotopic (exact) mass is 344 g/mol. The smallest absolute Gasteiger partial charge is 0.211 e. The molecule has 1 aliphatic heterocycles. The average molecular weight is 345 g/mol. The highest BCUT2D eigenvalue weighted by atomic mass is 79.9. The molecular formula is C12H13BrN2O3S. The van der Waals surface area contributed by atoms with E-state index in [1.165, 1.54) is 16.5 Å². The van der Waals surface area contributed by atoms with Gasteiger partial charge >= 0.3 is 0 Å². The highest BCUT2D eigenvalue weighted by Gasteiger charge is 2.33. The summed E-state index contributed by atoms with van der Waals surface area (Å²) in [7, 11) is -3.63. The number of benzene rings is 1. The van der Waals surface area contributed by atoms with Crippen LogP contribution in [0.4, 0.5) is 0 Å². The molecule has 102 valence electrons. The van der Waals surface area contributed by atoms with E-state index in [4.69, 9.17) is 0 Å². The molecule has 1 unspecified atom stereocenters. The molecule has 0 N–H and O–H groups in total. The van der Waals surface area contributed by atoms with Crippen molar-refractivity contribution in [3.8, 4) is 0 Å². The maximum atomic E-state index is 12.5. The van der Waals surface area contributed by atoms with Crippen LogP contribution in [0.25, 0.3) is 0 Å². The molecule has 0 aromatic heterocycles. The van der Waals surface area contributed by atoms with E-state index < -0.39 is 16.2 Å². The maximum Gasteiger partial charge on any atom is 0.244 e. The van der Waals surface area contributed by atoms with Crippen molar-refractivity contribution in [2.24, 2.45) is 4.99 Å². The molecule has 0 radical (unpaired) electrons. The van der Waals surface area contributed by atoms with Crippen LogP contribution in [0.1, 0.15) is 19.3 Å². The first-order chi connectivity index (χ1) is 9.05. The zero-order valence-electron chi connectivity index (χ0n) is 10.1. The van der Waals surface area contributed by atoms with E-state index in [1.54, 1.807) is 18.2 Å². The summed E-state index contributed by atoms with van der Waals surface area (Å²) in [4.78, 5) is 14.2. The van der Waals surface area contributed by atoms with Crippen LogP contribution in [0.3, 0.4) is 0 Å². The highest BCUT2D eigenvalue weighted by Crippen LogP contribution is 2.27. The van der Waals surface area contributed by atoms with Gasteiger partial charge in [0.05, 0.1) is 4.90 Å². The quantitative estimate of drug-likeness (QED) is 0.624. The zero-order valence-corrected chi connectivity index (χ0v) is 12.5. The molecule has 0 bridgehead atoms. The van der Waals surface area contributed by atoms with Crippen LogP contribution in [0.5, 0.6) is 0 Å². The SMILES string of the molecule is O=C=NC1CCCCN1S(=O)(=O)c1cccc(Br)c1. The Labute approximate surface area is 120 Å². The molecule has 2 rings (SSSR count). The van der Waals surface area contributed by atoms with Gasteiger partial charge in [-0.2, -0.15) is 9.30 Å². The van der Waals surface area contributed by atoms with E-state index in [0.29, 0.717) is 17.4 Å². The fourth-order valence-corrected chi connectivity index (χ4v) is 4.31. The summed E-state index contributed by atoms with van der Waals surface area (Å²) in [5.41, 5.74) is 0. The lowest BCUT2D eigenvalue weighted by molar-refractivity contribution is 0.259. The van der Waals surface area contributed by atoms with Gasteiger partial charge in [0.2, 0.25) is 16.1 Å². The second-order valence-electron chi connectivity index (χ2n) is 4.27. The van der Waals surface area contributed by atoms with Crippen LogP contribution in [0, 0.1) is 0 Å². The van der Waals surface area contributed by atoms with Gasteiger partial charge in [-0.1, -0.05) is 22.0 Å². The minimum atomic E-state index is -3.63. The van der Waals surface area contributed by atoms with Crippen molar-refractivity contribution in [2.75, 3.05) is 6.54 Å². The molecule has 5 nitrogen and oxygen atoms in total. The summed E-state index contributed by atoms with van der Waals surface area (Å²) in [5, 5.41) is 0. The molecule has 0 saturated carbocycles. The van der Waals surface area contributed by atoms with Gasteiger partial charge in [-0.15, -0.1) is 0 Å². The Morgan fingerprint density at radius 3 is 2.84 bits per heavy atom. The normalized spacial score (nSPS) is 20.8. The molecule has 1 atom stereocenters. The molecule has 1 heterocycles. The molecule has 7 heteroatoms. The number of carbonyl (C=O) groups excluding carboxylic acids is 1. The molecular weight excluding hydrogens is 332 g/mol. The first kappa shape index (κ1) is 14.4. The first-order valence-electron chi connectivity index (χ1n) is 5.90. The number of isocyanates is 1. The molecule has 0 aliphatic carbocycles. The van der Waals surface area contributed by atoms with Crippen LogP contribution in [0.2, 0.25) is 0 Å². The predicted octanol–water partition coefficient (Wildman–Crippen LogP) is 2.29. The average Bonchev–Trinajstić information content (AvgIpc) is 2.39. The third-order valence-electron chi connectivity index (χ3n) is 3.03. The predicted molar refractivity (Wildman–Crippen MR) is 73.8 cm³/mol. The largest absolute Gasteiger partial charge is 0.244 e. The van der Waals surface area contributed by atoms with Gasteiger partial charge in [0.1, 0.15) is 6.17 Å². The van der Waals surface area contributed by atoms with Crippen molar-refractivity contribution in [3.05, 3.63) is 28.7 Å². The first-order valence-corrected chi connectivity index (χ1v) is 8.13. The molecule has 1 aromatic rings. The van der Waals surface area contributed by atoms with Crippen molar-refractivity contribution < 1.29 is 13.2 Å². The van der Waals surface area contributed by atoms with Crippen molar-refractivity contribution >= 4 is 32.0 Å². The van der Waals surface area contributed by atoms with E-state index in [-0.39, 0.29) is 4.90 Å². The minimum absolute atomic E-state index is 0.204. The fourth-order valence-electron chi connectivity index (χ4n) is 2.12. The van der Waals surface area contributed by atoms with E-state index in [9.17, 15) is 13.2 Å². The van der Waals surface area contributed by atoms with E-state index in [0.717, 1.165) is 12.8 Å². The molecule has 1 saturated heterocycles. The number of halogens is 1. The Morgan fingerprint density at radius 1 is 1.37 bits per heavy atom. The van der Waals surface area contributed by atoms with Crippen molar-refractivity contribution in [2.45, 2.75) is 30.3 Å². The minimum Gasteiger partial charge on any atom is -0.211 e. The van der Waals surface area contributed by atoms with Gasteiger partial charge in [0.15, 0.2) is 0 Å². The summed E-state index contributed by atoms with van der Waals surface area (Å²) >= 11 is 3.26. The number of hydrogen-bond acceptors (Lipinski definition) is 4. The summed E-state index contributed by atoms with van der Waals surface area (Å²) in [6.45, 7) is 0.380. The van der Waals surface area contributed by atoms with E-state index in [1.807, 2.05) is 0 Å². The molecule has 1 aliphatic rings. The highest BCUT2D eigenvalue weighted by molar-refractivity contribution is 9.10. The van der Waals surface area contributed by atoms with Crippen LogP contribution >= 0.6 is 15.9 Å². The van der Waals surface area contributed by atoms with Gasteiger partial charge in [-0.05, 0) is 37.5 Å². The molecule has 1 fully saturated rings. The summed E-state index contributed by atoms with van der Waals surface area (Å²) in [6.07, 6.45) is 3.03. The molecule has 0 amide bonds. The van der Waals surface area contributed by atoms with E-state index >= 15 is 0 Å². The van der Waals surface area contributed by atoms with Crippen molar-refractivity contribution in [1.82, 2.24) is 4.31 Å². The van der Waals surface area contributed by atoms with Gasteiger partial charge < -0.3 is 0 Å². The van der Waals surface area contributed by atoms with Gasteiger partial charge in [0.25, 0.3) is 0 Å². The molecule has 19 heavy (non-hydrogen) atoms. The maximum absolute atomic E-state index is 12.5. The second-order valence-corrected chi connectivity index (χ2v) is 7.08. The Balaban J connectivity index is 2.39. The number of rotatable bonds is 3. The van der Waals surface area contributed by atoms with Crippen LogP contribution in [-0.4, -0.2) is 31.5 Å². The number of nitrogens with zero attached hydrogens (tertiary/aromatic N) is 2. The van der Waals surface area contributed by atoms with Crippen LogP contribution in [0.15, 0.2) is 38.6 Å². The van der Waals surface area contributed by atoms with E-state index in [2.05, 4.69) is 20.9 Å². The van der Waals surface area contributed by atoms with Crippen molar-refractivity contribution in [3.63, 3.8) is 0 Å². The lowest BCUT2D eigenvalue weighted by atomic mass is 10.1. The Bertz CT molecular complexity index is 611. The van der Waals surface area contributed by atoms with Gasteiger partial charge in [-0.25, -0.2) is 13.2 Å². The fraction of sp³-hybridized carbons (Fsp3) is 0.417. The standard InChI is InChI=1S/C12H13BrN2O3S/c13-10-4-3-5-11(8-10)19(17,18)15-7-2-1-6-12(15)14-9-16/h3-5,8,12H,1-2,6-7H2. The molecule has 1 aromatic carbocycles. The van der Waals surface area contributed by atoms with Crippen LogP contribution < -0.4 is 0 Å². The zero-order chi connectivity index (χ0) is 13.9. The Kier molecular flexibility index (Phi) is 4.52. The third kappa shape index (κ3) is 3.12. The summed E-state index contributed by atoms with van der Waals surface area (Å²) in [5.74, 6) is 0.